The molecule has 16 heavy (non-hydrogen) atoms. The third kappa shape index (κ3) is 3.10. The highest BCUT2D eigenvalue weighted by Crippen LogP contribution is 2.24. The van der Waals surface area contributed by atoms with Crippen molar-refractivity contribution in [1.82, 2.24) is 9.88 Å². The van der Waals surface area contributed by atoms with Crippen molar-refractivity contribution in [3.05, 3.63) is 18.3 Å². The molecule has 0 atom stereocenters. The molecule has 1 saturated carbocycles. The van der Waals surface area contributed by atoms with Gasteiger partial charge in [0.2, 0.25) is 0 Å². The van der Waals surface area contributed by atoms with Crippen LogP contribution in [0.15, 0.2) is 18.3 Å². The molecular weight excluding hydrogens is 202 g/mol. The first-order chi connectivity index (χ1) is 7.79. The third-order valence-corrected chi connectivity index (χ3v) is 2.87. The summed E-state index contributed by atoms with van der Waals surface area (Å²) in [5.74, 6) is 1.72. The van der Waals surface area contributed by atoms with Gasteiger partial charge in [-0.15, -0.1) is 0 Å². The second kappa shape index (κ2) is 5.16. The highest BCUT2D eigenvalue weighted by molar-refractivity contribution is 5.39. The van der Waals surface area contributed by atoms with Crippen LogP contribution >= 0.6 is 0 Å². The summed E-state index contributed by atoms with van der Waals surface area (Å²) in [4.78, 5) is 6.50. The van der Waals surface area contributed by atoms with Crippen molar-refractivity contribution in [3.63, 3.8) is 0 Å². The molecule has 1 aliphatic rings. The third-order valence-electron chi connectivity index (χ3n) is 2.87. The van der Waals surface area contributed by atoms with E-state index < -0.39 is 0 Å². The summed E-state index contributed by atoms with van der Waals surface area (Å²) in [5.41, 5.74) is 0. The first-order valence-corrected chi connectivity index (χ1v) is 5.76. The van der Waals surface area contributed by atoms with E-state index in [0.29, 0.717) is 0 Å². The van der Waals surface area contributed by atoms with E-state index in [1.54, 1.807) is 6.20 Å². The molecule has 4 nitrogen and oxygen atoms in total. The maximum Gasteiger partial charge on any atom is 0.129 e. The second-order valence-electron chi connectivity index (χ2n) is 4.19. The number of aromatic nitrogens is 1. The van der Waals surface area contributed by atoms with Crippen LogP contribution in [-0.2, 0) is 0 Å². The molecule has 1 aromatic heterocycles. The number of anilines is 1. The summed E-state index contributed by atoms with van der Waals surface area (Å²) in [6.07, 6.45) is 4.44. The van der Waals surface area contributed by atoms with E-state index in [1.807, 2.05) is 19.2 Å². The Bertz CT molecular complexity index is 339. The molecule has 0 amide bonds. The zero-order chi connectivity index (χ0) is 11.4. The molecule has 1 aliphatic carbocycles. The first kappa shape index (κ1) is 11.2. The summed E-state index contributed by atoms with van der Waals surface area (Å²) >= 11 is 0. The largest absolute Gasteiger partial charge is 0.492 e. The van der Waals surface area contributed by atoms with Crippen LogP contribution < -0.4 is 10.1 Å². The number of pyridine rings is 1. The molecule has 88 valence electrons. The number of likely N-dealkylation sites (N-methyl/N-ethyl adjacent to an activating group) is 1. The predicted molar refractivity (Wildman–Crippen MR) is 64.9 cm³/mol. The van der Waals surface area contributed by atoms with Gasteiger partial charge in [-0.05, 0) is 26.0 Å². The number of hydrogen-bond acceptors (Lipinski definition) is 4. The van der Waals surface area contributed by atoms with Gasteiger partial charge in [0.25, 0.3) is 0 Å². The molecule has 0 saturated heterocycles. The Kier molecular flexibility index (Phi) is 3.62. The molecule has 0 aliphatic heterocycles. The Balaban J connectivity index is 1.75. The first-order valence-electron chi connectivity index (χ1n) is 5.76. The molecule has 0 aromatic carbocycles. The lowest BCUT2D eigenvalue weighted by Gasteiger charge is -2.15. The Morgan fingerprint density at radius 1 is 1.56 bits per heavy atom. The zero-order valence-electron chi connectivity index (χ0n) is 9.94. The summed E-state index contributed by atoms with van der Waals surface area (Å²) in [7, 11) is 4.01. The van der Waals surface area contributed by atoms with Crippen LogP contribution in [0.4, 0.5) is 5.82 Å². The highest BCUT2D eigenvalue weighted by atomic mass is 16.5. The van der Waals surface area contributed by atoms with Crippen LogP contribution in [-0.4, -0.2) is 43.2 Å². The van der Waals surface area contributed by atoms with Gasteiger partial charge in [-0.3, -0.25) is 0 Å². The monoisotopic (exact) mass is 221 g/mol. The van der Waals surface area contributed by atoms with E-state index in [-0.39, 0.29) is 0 Å². The smallest absolute Gasteiger partial charge is 0.129 e. The number of rotatable bonds is 6. The van der Waals surface area contributed by atoms with Crippen LogP contribution in [0.3, 0.4) is 0 Å². The molecule has 1 fully saturated rings. The van der Waals surface area contributed by atoms with Gasteiger partial charge in [-0.25, -0.2) is 4.98 Å². The normalized spacial score (nSPS) is 15.2. The Morgan fingerprint density at radius 3 is 3.06 bits per heavy atom. The maximum atomic E-state index is 5.68. The van der Waals surface area contributed by atoms with E-state index >= 15 is 0 Å². The average Bonchev–Trinajstić information content (AvgIpc) is 3.13. The van der Waals surface area contributed by atoms with Crippen molar-refractivity contribution in [2.45, 2.75) is 18.9 Å². The maximum absolute atomic E-state index is 5.68. The second-order valence-corrected chi connectivity index (χ2v) is 4.19. The van der Waals surface area contributed by atoms with E-state index in [1.165, 1.54) is 12.8 Å². The molecule has 2 rings (SSSR count). The van der Waals surface area contributed by atoms with E-state index in [9.17, 15) is 0 Å². The van der Waals surface area contributed by atoms with Gasteiger partial charge in [0, 0.05) is 31.9 Å². The minimum Gasteiger partial charge on any atom is -0.492 e. The molecule has 1 aromatic rings. The van der Waals surface area contributed by atoms with E-state index in [2.05, 4.69) is 22.2 Å². The minimum absolute atomic E-state index is 0.736. The SMILES string of the molecule is CNc1cc(OCCN(C)C2CC2)ccn1. The quantitative estimate of drug-likeness (QED) is 0.791. The van der Waals surface area contributed by atoms with Crippen molar-refractivity contribution in [2.75, 3.05) is 32.6 Å². The molecule has 4 heteroatoms. The topological polar surface area (TPSA) is 37.4 Å². The van der Waals surface area contributed by atoms with Crippen molar-refractivity contribution >= 4 is 5.82 Å². The zero-order valence-corrected chi connectivity index (χ0v) is 9.94. The standard InChI is InChI=1S/C12H19N3O/c1-13-12-9-11(5-6-14-12)16-8-7-15(2)10-3-4-10/h5-6,9-10H,3-4,7-8H2,1-2H3,(H,13,14). The van der Waals surface area contributed by atoms with Crippen LogP contribution in [0, 0.1) is 0 Å². The van der Waals surface area contributed by atoms with E-state index in [4.69, 9.17) is 4.74 Å². The fourth-order valence-electron chi connectivity index (χ4n) is 1.64. The number of hydrogen-bond donors (Lipinski definition) is 1. The lowest BCUT2D eigenvalue weighted by atomic mass is 10.4. The van der Waals surface area contributed by atoms with Gasteiger partial charge in [0.15, 0.2) is 0 Å². The van der Waals surface area contributed by atoms with Gasteiger partial charge in [-0.2, -0.15) is 0 Å². The molecule has 1 N–H and O–H groups in total. The van der Waals surface area contributed by atoms with Crippen molar-refractivity contribution < 1.29 is 4.74 Å². The van der Waals surface area contributed by atoms with Crippen LogP contribution in [0.25, 0.3) is 0 Å². The van der Waals surface area contributed by atoms with Gasteiger partial charge in [0.1, 0.15) is 18.2 Å². The summed E-state index contributed by atoms with van der Waals surface area (Å²) in [5, 5.41) is 2.99. The van der Waals surface area contributed by atoms with Gasteiger partial charge in [0.05, 0.1) is 0 Å². The molecule has 0 spiro atoms. The number of ether oxygens (including phenoxy) is 1. The Labute approximate surface area is 96.6 Å². The average molecular weight is 221 g/mol. The summed E-state index contributed by atoms with van der Waals surface area (Å²) < 4.78 is 5.68. The lowest BCUT2D eigenvalue weighted by Crippen LogP contribution is -2.26. The Hall–Kier alpha value is -1.29. The summed E-state index contributed by atoms with van der Waals surface area (Å²) in [6, 6.07) is 4.60. The molecule has 0 unspecified atom stereocenters. The predicted octanol–water partition coefficient (Wildman–Crippen LogP) is 1.60. The minimum atomic E-state index is 0.736. The highest BCUT2D eigenvalue weighted by Gasteiger charge is 2.25. The molecule has 0 bridgehead atoms. The van der Waals surface area contributed by atoms with Crippen LogP contribution in [0.1, 0.15) is 12.8 Å². The van der Waals surface area contributed by atoms with Crippen LogP contribution in [0.5, 0.6) is 5.75 Å². The molecule has 1 heterocycles. The Morgan fingerprint density at radius 2 is 2.38 bits per heavy atom. The number of nitrogens with one attached hydrogen (secondary N) is 1. The molecular formula is C12H19N3O. The summed E-state index contributed by atoms with van der Waals surface area (Å²) in [6.45, 7) is 1.72. The van der Waals surface area contributed by atoms with Crippen molar-refractivity contribution in [1.29, 1.82) is 0 Å². The fraction of sp³-hybridized carbons (Fsp3) is 0.583. The van der Waals surface area contributed by atoms with E-state index in [0.717, 1.165) is 30.8 Å². The number of nitrogens with zero attached hydrogens (tertiary/aromatic N) is 2. The van der Waals surface area contributed by atoms with Gasteiger partial charge < -0.3 is 15.0 Å². The fourth-order valence-corrected chi connectivity index (χ4v) is 1.64. The van der Waals surface area contributed by atoms with Gasteiger partial charge in [-0.1, -0.05) is 0 Å². The van der Waals surface area contributed by atoms with Crippen LogP contribution in [0.2, 0.25) is 0 Å². The van der Waals surface area contributed by atoms with Crippen molar-refractivity contribution in [2.24, 2.45) is 0 Å². The molecule has 0 radical (unpaired) electrons. The lowest BCUT2D eigenvalue weighted by molar-refractivity contribution is 0.232. The van der Waals surface area contributed by atoms with Gasteiger partial charge >= 0.3 is 0 Å². The van der Waals surface area contributed by atoms with Crippen molar-refractivity contribution in [3.8, 4) is 5.75 Å².